The summed E-state index contributed by atoms with van der Waals surface area (Å²) >= 11 is 0.824. The van der Waals surface area contributed by atoms with Crippen LogP contribution in [0.15, 0.2) is 18.6 Å². The Bertz CT molecular complexity index is 456. The number of rotatable bonds is 2. The molecule has 0 aliphatic carbocycles. The molecule has 0 saturated heterocycles. The van der Waals surface area contributed by atoms with Gasteiger partial charge in [0.05, 0.1) is 6.20 Å². The highest BCUT2D eigenvalue weighted by atomic mass is 32.1. The van der Waals surface area contributed by atoms with Crippen molar-refractivity contribution in [1.29, 1.82) is 0 Å². The molecule has 1 N–H and O–H groups in total. The molecule has 2 rings (SSSR count). The SMILES string of the molecule is O=C(O)c1snnc1-c1cnccn1. The Kier molecular flexibility index (Phi) is 2.15. The number of carbonyl (C=O) groups is 1. The quantitative estimate of drug-likeness (QED) is 0.781. The maximum atomic E-state index is 10.7. The van der Waals surface area contributed by atoms with Gasteiger partial charge in [0.15, 0.2) is 4.88 Å². The molecule has 14 heavy (non-hydrogen) atoms. The van der Waals surface area contributed by atoms with E-state index >= 15 is 0 Å². The second-order valence-corrected chi connectivity index (χ2v) is 3.10. The van der Waals surface area contributed by atoms with Gasteiger partial charge in [-0.1, -0.05) is 4.49 Å². The van der Waals surface area contributed by atoms with E-state index in [4.69, 9.17) is 5.11 Å². The molecule has 2 aromatic heterocycles. The summed E-state index contributed by atoms with van der Waals surface area (Å²) in [5.74, 6) is -1.05. The highest BCUT2D eigenvalue weighted by Crippen LogP contribution is 2.20. The zero-order valence-electron chi connectivity index (χ0n) is 6.78. The van der Waals surface area contributed by atoms with Gasteiger partial charge in [-0.25, -0.2) is 4.79 Å². The van der Waals surface area contributed by atoms with Crippen LogP contribution in [0.2, 0.25) is 0 Å². The van der Waals surface area contributed by atoms with Crippen LogP contribution in [-0.2, 0) is 0 Å². The first-order valence-electron chi connectivity index (χ1n) is 3.61. The molecular weight excluding hydrogens is 204 g/mol. The van der Waals surface area contributed by atoms with Crippen molar-refractivity contribution in [3.8, 4) is 11.4 Å². The Labute approximate surface area is 82.4 Å². The van der Waals surface area contributed by atoms with E-state index in [1.807, 2.05) is 0 Å². The van der Waals surface area contributed by atoms with Crippen LogP contribution < -0.4 is 0 Å². The van der Waals surface area contributed by atoms with Gasteiger partial charge in [-0.2, -0.15) is 0 Å². The van der Waals surface area contributed by atoms with Gasteiger partial charge in [-0.3, -0.25) is 9.97 Å². The number of carboxylic acids is 1. The second-order valence-electron chi connectivity index (χ2n) is 2.35. The summed E-state index contributed by atoms with van der Waals surface area (Å²) in [5, 5.41) is 12.5. The van der Waals surface area contributed by atoms with Gasteiger partial charge in [0.1, 0.15) is 11.4 Å². The molecule has 0 aliphatic heterocycles. The summed E-state index contributed by atoms with van der Waals surface area (Å²) in [4.78, 5) is 18.6. The first kappa shape index (κ1) is 8.70. The Hall–Kier alpha value is -1.89. The fourth-order valence-electron chi connectivity index (χ4n) is 0.920. The third-order valence-corrected chi connectivity index (χ3v) is 2.20. The minimum absolute atomic E-state index is 0.0745. The maximum Gasteiger partial charge on any atom is 0.349 e. The van der Waals surface area contributed by atoms with Crippen LogP contribution >= 0.6 is 11.5 Å². The van der Waals surface area contributed by atoms with E-state index in [9.17, 15) is 4.79 Å². The number of nitrogens with zero attached hydrogens (tertiary/aromatic N) is 4. The molecule has 0 atom stereocenters. The van der Waals surface area contributed by atoms with Gasteiger partial charge in [0, 0.05) is 12.4 Å². The van der Waals surface area contributed by atoms with Crippen molar-refractivity contribution in [2.24, 2.45) is 0 Å². The van der Waals surface area contributed by atoms with Crippen LogP contribution in [0.1, 0.15) is 9.67 Å². The van der Waals surface area contributed by atoms with Crippen LogP contribution in [0.4, 0.5) is 0 Å². The molecule has 7 heteroatoms. The predicted molar refractivity (Wildman–Crippen MR) is 47.9 cm³/mol. The molecule has 0 fully saturated rings. The number of hydrogen-bond donors (Lipinski definition) is 1. The second kappa shape index (κ2) is 3.46. The number of carboxylic acid groups (broad SMARTS) is 1. The molecule has 0 radical (unpaired) electrons. The van der Waals surface area contributed by atoms with Gasteiger partial charge in [-0.05, 0) is 11.5 Å². The van der Waals surface area contributed by atoms with Crippen molar-refractivity contribution in [3.05, 3.63) is 23.5 Å². The summed E-state index contributed by atoms with van der Waals surface area (Å²) in [5.41, 5.74) is 0.675. The average Bonchev–Trinajstić information content (AvgIpc) is 2.67. The molecule has 0 aromatic carbocycles. The van der Waals surface area contributed by atoms with E-state index in [2.05, 4.69) is 19.6 Å². The van der Waals surface area contributed by atoms with Crippen LogP contribution in [0.5, 0.6) is 0 Å². The van der Waals surface area contributed by atoms with Crippen molar-refractivity contribution in [2.75, 3.05) is 0 Å². The summed E-state index contributed by atoms with van der Waals surface area (Å²) in [6.07, 6.45) is 4.42. The lowest BCUT2D eigenvalue weighted by molar-refractivity contribution is 0.0702. The Balaban J connectivity index is 2.52. The average molecular weight is 208 g/mol. The van der Waals surface area contributed by atoms with E-state index in [1.165, 1.54) is 18.6 Å². The molecule has 0 aliphatic rings. The van der Waals surface area contributed by atoms with Crippen molar-refractivity contribution in [3.63, 3.8) is 0 Å². The van der Waals surface area contributed by atoms with Gasteiger partial charge >= 0.3 is 5.97 Å². The summed E-state index contributed by atoms with van der Waals surface area (Å²) in [6, 6.07) is 0. The lowest BCUT2D eigenvalue weighted by atomic mass is 10.3. The highest BCUT2D eigenvalue weighted by Gasteiger charge is 2.17. The molecular formula is C7H4N4O2S. The van der Waals surface area contributed by atoms with E-state index < -0.39 is 5.97 Å². The Morgan fingerprint density at radius 1 is 1.43 bits per heavy atom. The Morgan fingerprint density at radius 2 is 2.29 bits per heavy atom. The number of aromatic carboxylic acids is 1. The van der Waals surface area contributed by atoms with E-state index in [0.29, 0.717) is 5.69 Å². The summed E-state index contributed by atoms with van der Waals surface area (Å²) in [7, 11) is 0. The fourth-order valence-corrected chi connectivity index (χ4v) is 1.43. The molecule has 6 nitrogen and oxygen atoms in total. The molecule has 0 bridgehead atoms. The van der Waals surface area contributed by atoms with Gasteiger partial charge in [0.25, 0.3) is 0 Å². The van der Waals surface area contributed by atoms with Crippen LogP contribution in [0.3, 0.4) is 0 Å². The van der Waals surface area contributed by atoms with Crippen LogP contribution in [-0.4, -0.2) is 30.6 Å². The molecule has 2 aromatic rings. The molecule has 2 heterocycles. The molecule has 0 spiro atoms. The lowest BCUT2D eigenvalue weighted by Crippen LogP contribution is -1.96. The van der Waals surface area contributed by atoms with Crippen LogP contribution in [0, 0.1) is 0 Å². The molecule has 0 unspecified atom stereocenters. The van der Waals surface area contributed by atoms with Crippen molar-refractivity contribution in [1.82, 2.24) is 19.6 Å². The van der Waals surface area contributed by atoms with Crippen LogP contribution in [0.25, 0.3) is 11.4 Å². The van der Waals surface area contributed by atoms with Crippen molar-refractivity contribution in [2.45, 2.75) is 0 Å². The van der Waals surface area contributed by atoms with Crippen molar-refractivity contribution >= 4 is 17.5 Å². The summed E-state index contributed by atoms with van der Waals surface area (Å²) in [6.45, 7) is 0. The molecule has 0 saturated carbocycles. The first-order valence-corrected chi connectivity index (χ1v) is 4.38. The van der Waals surface area contributed by atoms with E-state index in [1.54, 1.807) is 0 Å². The van der Waals surface area contributed by atoms with Gasteiger partial charge < -0.3 is 5.11 Å². The zero-order chi connectivity index (χ0) is 9.97. The smallest absolute Gasteiger partial charge is 0.349 e. The zero-order valence-corrected chi connectivity index (χ0v) is 7.60. The lowest BCUT2D eigenvalue weighted by Gasteiger charge is -1.93. The standard InChI is InChI=1S/C7H4N4O2S/c12-7(13)6-5(10-11-14-6)4-3-8-1-2-9-4/h1-3H,(H,12,13). The molecule has 70 valence electrons. The first-order chi connectivity index (χ1) is 6.79. The topological polar surface area (TPSA) is 88.9 Å². The highest BCUT2D eigenvalue weighted by molar-refractivity contribution is 7.08. The fraction of sp³-hybridized carbons (Fsp3) is 0. The monoisotopic (exact) mass is 208 g/mol. The van der Waals surface area contributed by atoms with Gasteiger partial charge in [-0.15, -0.1) is 5.10 Å². The minimum atomic E-state index is -1.05. The number of aromatic nitrogens is 4. The van der Waals surface area contributed by atoms with E-state index in [0.717, 1.165) is 11.5 Å². The van der Waals surface area contributed by atoms with Gasteiger partial charge in [0.2, 0.25) is 0 Å². The molecule has 0 amide bonds. The number of hydrogen-bond acceptors (Lipinski definition) is 6. The maximum absolute atomic E-state index is 10.7. The summed E-state index contributed by atoms with van der Waals surface area (Å²) < 4.78 is 3.56. The minimum Gasteiger partial charge on any atom is -0.477 e. The predicted octanol–water partition coefficient (Wildman–Crippen LogP) is 0.693. The third kappa shape index (κ3) is 1.44. The van der Waals surface area contributed by atoms with E-state index in [-0.39, 0.29) is 10.6 Å². The normalized spacial score (nSPS) is 10.0. The van der Waals surface area contributed by atoms with Crippen molar-refractivity contribution < 1.29 is 9.90 Å². The largest absolute Gasteiger partial charge is 0.477 e. The Morgan fingerprint density at radius 3 is 2.93 bits per heavy atom. The third-order valence-electron chi connectivity index (χ3n) is 1.49.